The summed E-state index contributed by atoms with van der Waals surface area (Å²) in [5.41, 5.74) is 0. The highest BCUT2D eigenvalue weighted by atomic mass is 16.5. The van der Waals surface area contributed by atoms with Gasteiger partial charge in [-0.2, -0.15) is 0 Å². The van der Waals surface area contributed by atoms with Crippen molar-refractivity contribution in [3.63, 3.8) is 0 Å². The van der Waals surface area contributed by atoms with Gasteiger partial charge in [-0.1, -0.05) is 26.2 Å². The second-order valence-electron chi connectivity index (χ2n) is 3.56. The average Bonchev–Trinajstić information content (AvgIpc) is 2.22. The van der Waals surface area contributed by atoms with E-state index in [9.17, 15) is 0 Å². The number of methoxy groups -OCH3 is 2. The van der Waals surface area contributed by atoms with Crippen LogP contribution in [0.5, 0.6) is 0 Å². The Labute approximate surface area is 87.4 Å². The summed E-state index contributed by atoms with van der Waals surface area (Å²) in [7, 11) is 3.38. The third kappa shape index (κ3) is 5.58. The first-order valence-corrected chi connectivity index (χ1v) is 5.46. The van der Waals surface area contributed by atoms with Gasteiger partial charge in [0.2, 0.25) is 0 Å². The summed E-state index contributed by atoms with van der Waals surface area (Å²) in [6, 6.07) is 0. The number of hydrogen-bond donors (Lipinski definition) is 1. The van der Waals surface area contributed by atoms with E-state index in [1.165, 1.54) is 19.3 Å². The molecule has 0 aliphatic heterocycles. The zero-order chi connectivity index (χ0) is 10.8. The molecule has 0 aromatic heterocycles. The lowest BCUT2D eigenvalue weighted by Crippen LogP contribution is -2.30. The highest BCUT2D eigenvalue weighted by Gasteiger charge is 2.19. The minimum Gasteiger partial charge on any atom is -0.396 e. The normalized spacial score (nSPS) is 15.4. The molecule has 86 valence electrons. The number of rotatable bonds is 9. The maximum absolute atomic E-state index is 8.85. The molecule has 0 amide bonds. The maximum atomic E-state index is 8.85. The van der Waals surface area contributed by atoms with Crippen LogP contribution in [0.2, 0.25) is 0 Å². The predicted molar refractivity (Wildman–Crippen MR) is 57.4 cm³/mol. The first-order valence-electron chi connectivity index (χ1n) is 5.46. The SMILES string of the molecule is CCCCCC(OC)C(CCO)OC. The van der Waals surface area contributed by atoms with E-state index in [1.54, 1.807) is 14.2 Å². The van der Waals surface area contributed by atoms with Crippen LogP contribution in [0, 0.1) is 0 Å². The number of aliphatic hydroxyl groups is 1. The number of unbranched alkanes of at least 4 members (excludes halogenated alkanes) is 2. The standard InChI is InChI=1S/C11H24O3/c1-4-5-6-7-10(13-2)11(14-3)8-9-12/h10-12H,4-9H2,1-3H3. The van der Waals surface area contributed by atoms with Crippen LogP contribution in [0.4, 0.5) is 0 Å². The Hall–Kier alpha value is -0.120. The average molecular weight is 204 g/mol. The van der Waals surface area contributed by atoms with Crippen LogP contribution in [0.3, 0.4) is 0 Å². The van der Waals surface area contributed by atoms with Gasteiger partial charge in [0.1, 0.15) is 0 Å². The van der Waals surface area contributed by atoms with Gasteiger partial charge in [-0.25, -0.2) is 0 Å². The molecule has 0 aliphatic rings. The molecular weight excluding hydrogens is 180 g/mol. The first-order chi connectivity index (χ1) is 6.79. The highest BCUT2D eigenvalue weighted by Crippen LogP contribution is 2.14. The van der Waals surface area contributed by atoms with E-state index >= 15 is 0 Å². The topological polar surface area (TPSA) is 38.7 Å². The smallest absolute Gasteiger partial charge is 0.0854 e. The van der Waals surface area contributed by atoms with Crippen molar-refractivity contribution in [2.45, 2.75) is 51.2 Å². The fourth-order valence-corrected chi connectivity index (χ4v) is 1.63. The molecule has 0 spiro atoms. The monoisotopic (exact) mass is 204 g/mol. The first kappa shape index (κ1) is 13.9. The zero-order valence-electron chi connectivity index (χ0n) is 9.66. The van der Waals surface area contributed by atoms with Gasteiger partial charge in [-0.05, 0) is 12.8 Å². The molecule has 1 N–H and O–H groups in total. The predicted octanol–water partition coefficient (Wildman–Crippen LogP) is 1.98. The Morgan fingerprint density at radius 2 is 1.57 bits per heavy atom. The zero-order valence-corrected chi connectivity index (χ0v) is 9.66. The number of hydrogen-bond acceptors (Lipinski definition) is 3. The molecule has 0 rings (SSSR count). The van der Waals surface area contributed by atoms with Crippen LogP contribution >= 0.6 is 0 Å². The van der Waals surface area contributed by atoms with E-state index in [4.69, 9.17) is 14.6 Å². The summed E-state index contributed by atoms with van der Waals surface area (Å²) in [5, 5.41) is 8.85. The Kier molecular flexibility index (Phi) is 9.35. The second-order valence-corrected chi connectivity index (χ2v) is 3.56. The lowest BCUT2D eigenvalue weighted by Gasteiger charge is -2.24. The molecule has 0 fully saturated rings. The van der Waals surface area contributed by atoms with Crippen LogP contribution in [0.15, 0.2) is 0 Å². The van der Waals surface area contributed by atoms with Crippen LogP contribution in [-0.4, -0.2) is 38.1 Å². The highest BCUT2D eigenvalue weighted by molar-refractivity contribution is 4.70. The van der Waals surface area contributed by atoms with Crippen molar-refractivity contribution in [1.29, 1.82) is 0 Å². The summed E-state index contributed by atoms with van der Waals surface area (Å²) in [6.07, 6.45) is 5.44. The van der Waals surface area contributed by atoms with Crippen LogP contribution < -0.4 is 0 Å². The molecule has 0 aliphatic carbocycles. The van der Waals surface area contributed by atoms with Gasteiger partial charge in [-0.3, -0.25) is 0 Å². The van der Waals surface area contributed by atoms with Crippen molar-refractivity contribution < 1.29 is 14.6 Å². The van der Waals surface area contributed by atoms with Gasteiger partial charge in [0.15, 0.2) is 0 Å². The van der Waals surface area contributed by atoms with E-state index in [0.29, 0.717) is 6.42 Å². The third-order valence-electron chi connectivity index (χ3n) is 2.53. The van der Waals surface area contributed by atoms with E-state index in [1.807, 2.05) is 0 Å². The summed E-state index contributed by atoms with van der Waals surface area (Å²) in [5.74, 6) is 0. The third-order valence-corrected chi connectivity index (χ3v) is 2.53. The van der Waals surface area contributed by atoms with Gasteiger partial charge in [0.25, 0.3) is 0 Å². The Balaban J connectivity index is 3.81. The quantitative estimate of drug-likeness (QED) is 0.584. The fourth-order valence-electron chi connectivity index (χ4n) is 1.63. The summed E-state index contributed by atoms with van der Waals surface area (Å²) < 4.78 is 10.7. The molecule has 0 aromatic rings. The maximum Gasteiger partial charge on any atom is 0.0854 e. The molecule has 2 unspecified atom stereocenters. The van der Waals surface area contributed by atoms with E-state index in [2.05, 4.69) is 6.92 Å². The largest absolute Gasteiger partial charge is 0.396 e. The van der Waals surface area contributed by atoms with E-state index in [0.717, 1.165) is 6.42 Å². The van der Waals surface area contributed by atoms with Crippen LogP contribution in [0.1, 0.15) is 39.0 Å². The van der Waals surface area contributed by atoms with Crippen LogP contribution in [-0.2, 0) is 9.47 Å². The van der Waals surface area contributed by atoms with Crippen LogP contribution in [0.25, 0.3) is 0 Å². The molecular formula is C11H24O3. The molecule has 14 heavy (non-hydrogen) atoms. The van der Waals surface area contributed by atoms with Crippen molar-refractivity contribution in [3.8, 4) is 0 Å². The summed E-state index contributed by atoms with van der Waals surface area (Å²) in [4.78, 5) is 0. The van der Waals surface area contributed by atoms with Crippen molar-refractivity contribution >= 4 is 0 Å². The molecule has 0 saturated carbocycles. The summed E-state index contributed by atoms with van der Waals surface area (Å²) >= 11 is 0. The number of aliphatic hydroxyl groups excluding tert-OH is 1. The van der Waals surface area contributed by atoms with E-state index < -0.39 is 0 Å². The van der Waals surface area contributed by atoms with Crippen molar-refractivity contribution in [3.05, 3.63) is 0 Å². The lowest BCUT2D eigenvalue weighted by molar-refractivity contribution is -0.0497. The molecule has 0 radical (unpaired) electrons. The minimum atomic E-state index is 0.0295. The van der Waals surface area contributed by atoms with Crippen molar-refractivity contribution in [2.75, 3.05) is 20.8 Å². The van der Waals surface area contributed by atoms with Gasteiger partial charge in [0.05, 0.1) is 12.2 Å². The molecule has 0 aromatic carbocycles. The van der Waals surface area contributed by atoms with Gasteiger partial charge < -0.3 is 14.6 Å². The van der Waals surface area contributed by atoms with Gasteiger partial charge in [0, 0.05) is 20.8 Å². The lowest BCUT2D eigenvalue weighted by atomic mass is 10.0. The summed E-state index contributed by atoms with van der Waals surface area (Å²) in [6.45, 7) is 2.34. The fraction of sp³-hybridized carbons (Fsp3) is 1.00. The Morgan fingerprint density at radius 3 is 2.00 bits per heavy atom. The molecule has 3 heteroatoms. The second kappa shape index (κ2) is 9.44. The minimum absolute atomic E-state index is 0.0295. The van der Waals surface area contributed by atoms with Crippen molar-refractivity contribution in [1.82, 2.24) is 0 Å². The molecule has 3 nitrogen and oxygen atoms in total. The van der Waals surface area contributed by atoms with Gasteiger partial charge in [-0.15, -0.1) is 0 Å². The van der Waals surface area contributed by atoms with Crippen molar-refractivity contribution in [2.24, 2.45) is 0 Å². The van der Waals surface area contributed by atoms with Gasteiger partial charge >= 0.3 is 0 Å². The molecule has 2 atom stereocenters. The molecule has 0 heterocycles. The molecule has 0 saturated heterocycles. The number of ether oxygens (including phenoxy) is 2. The Morgan fingerprint density at radius 1 is 1.00 bits per heavy atom. The Bertz CT molecular complexity index is 117. The van der Waals surface area contributed by atoms with E-state index in [-0.39, 0.29) is 18.8 Å². The molecule has 0 bridgehead atoms.